The van der Waals surface area contributed by atoms with E-state index in [0.717, 1.165) is 24.6 Å². The van der Waals surface area contributed by atoms with Crippen molar-refractivity contribution >= 4 is 23.7 Å². The normalized spacial score (nSPS) is 24.3. The van der Waals surface area contributed by atoms with Crippen molar-refractivity contribution in [3.05, 3.63) is 16.7 Å². The van der Waals surface area contributed by atoms with Gasteiger partial charge in [0.05, 0.1) is 6.20 Å². The molecule has 1 saturated heterocycles. The maximum absolute atomic E-state index is 12.2. The highest BCUT2D eigenvalue weighted by atomic mass is 16.7. The number of esters is 3. The third-order valence-electron chi connectivity index (χ3n) is 3.58. The second kappa shape index (κ2) is 8.03. The van der Waals surface area contributed by atoms with Gasteiger partial charge in [-0.3, -0.25) is 19.0 Å². The number of rotatable bonds is 5. The standard InChI is InChI=1S/C15H19N3O9/c1-6(19)24-5-10-11(25-7(2)20)12(26-8(3)21)14(27-10)18-4-9(22)13(16)17-15(18)23/h4,10-12,14,22H,5H2,1-3H3,(H2,16,17,23)/t10-,11-,12-,14-/m1/s1. The Kier molecular flexibility index (Phi) is 6.00. The molecule has 0 aromatic carbocycles. The lowest BCUT2D eigenvalue weighted by Crippen LogP contribution is -2.41. The van der Waals surface area contributed by atoms with Crippen molar-refractivity contribution in [3.8, 4) is 5.75 Å². The van der Waals surface area contributed by atoms with Crippen LogP contribution in [0.4, 0.5) is 5.82 Å². The summed E-state index contributed by atoms with van der Waals surface area (Å²) in [6, 6.07) is 0. The number of aromatic nitrogens is 2. The lowest BCUT2D eigenvalue weighted by atomic mass is 10.1. The molecule has 0 saturated carbocycles. The molecule has 0 aliphatic carbocycles. The maximum Gasteiger partial charge on any atom is 0.352 e. The first-order valence-electron chi connectivity index (χ1n) is 7.81. The highest BCUT2D eigenvalue weighted by molar-refractivity contribution is 5.68. The topological polar surface area (TPSA) is 169 Å². The molecule has 4 atom stereocenters. The summed E-state index contributed by atoms with van der Waals surface area (Å²) >= 11 is 0. The summed E-state index contributed by atoms with van der Waals surface area (Å²) in [5, 5.41) is 9.74. The van der Waals surface area contributed by atoms with Crippen molar-refractivity contribution in [2.45, 2.75) is 45.3 Å². The highest BCUT2D eigenvalue weighted by Crippen LogP contribution is 2.34. The maximum atomic E-state index is 12.2. The van der Waals surface area contributed by atoms with E-state index < -0.39 is 59.7 Å². The van der Waals surface area contributed by atoms with Crippen molar-refractivity contribution in [1.82, 2.24) is 9.55 Å². The zero-order valence-corrected chi connectivity index (χ0v) is 14.8. The van der Waals surface area contributed by atoms with Crippen molar-refractivity contribution in [2.75, 3.05) is 12.3 Å². The van der Waals surface area contributed by atoms with Crippen LogP contribution in [0.15, 0.2) is 11.0 Å². The molecule has 1 aliphatic rings. The molecule has 2 heterocycles. The molecule has 0 amide bonds. The van der Waals surface area contributed by atoms with Gasteiger partial charge >= 0.3 is 23.6 Å². The molecule has 0 unspecified atom stereocenters. The number of hydrogen-bond donors (Lipinski definition) is 2. The number of ether oxygens (including phenoxy) is 4. The van der Waals surface area contributed by atoms with Crippen LogP contribution in [0.3, 0.4) is 0 Å². The highest BCUT2D eigenvalue weighted by Gasteiger charge is 2.51. The summed E-state index contributed by atoms with van der Waals surface area (Å²) in [7, 11) is 0. The SMILES string of the molecule is CC(=O)OC[C@H]1O[C@@H](n2cc(O)c(N)nc2=O)[C@H](OC(C)=O)[C@@H]1OC(C)=O. The molecule has 2 rings (SSSR count). The number of nitrogens with two attached hydrogens (primary N) is 1. The first-order chi connectivity index (χ1) is 12.6. The predicted molar refractivity (Wildman–Crippen MR) is 86.2 cm³/mol. The summed E-state index contributed by atoms with van der Waals surface area (Å²) in [6.45, 7) is 3.08. The molecule has 1 fully saturated rings. The van der Waals surface area contributed by atoms with E-state index >= 15 is 0 Å². The number of anilines is 1. The van der Waals surface area contributed by atoms with Gasteiger partial charge in [-0.25, -0.2) is 4.79 Å². The molecule has 1 aromatic rings. The van der Waals surface area contributed by atoms with Gasteiger partial charge in [0.25, 0.3) is 0 Å². The van der Waals surface area contributed by atoms with E-state index in [-0.39, 0.29) is 6.61 Å². The van der Waals surface area contributed by atoms with Gasteiger partial charge < -0.3 is 29.8 Å². The minimum Gasteiger partial charge on any atom is -0.503 e. The molecule has 0 bridgehead atoms. The van der Waals surface area contributed by atoms with Gasteiger partial charge in [0, 0.05) is 20.8 Å². The molecular weight excluding hydrogens is 366 g/mol. The van der Waals surface area contributed by atoms with Crippen LogP contribution in [0.5, 0.6) is 5.75 Å². The first-order valence-corrected chi connectivity index (χ1v) is 7.81. The van der Waals surface area contributed by atoms with Gasteiger partial charge in [-0.2, -0.15) is 4.98 Å². The number of carbonyl (C=O) groups excluding carboxylic acids is 3. The largest absolute Gasteiger partial charge is 0.503 e. The lowest BCUT2D eigenvalue weighted by Gasteiger charge is -2.23. The number of nitrogen functional groups attached to an aromatic ring is 1. The molecule has 27 heavy (non-hydrogen) atoms. The Morgan fingerprint density at radius 3 is 2.33 bits per heavy atom. The minimum absolute atomic E-state index is 0.329. The van der Waals surface area contributed by atoms with Crippen LogP contribution < -0.4 is 11.4 Å². The van der Waals surface area contributed by atoms with Crippen LogP contribution in [0.25, 0.3) is 0 Å². The lowest BCUT2D eigenvalue weighted by molar-refractivity contribution is -0.166. The zero-order chi connectivity index (χ0) is 20.3. The number of carbonyl (C=O) groups is 3. The number of nitrogens with zero attached hydrogens (tertiary/aromatic N) is 2. The molecule has 1 aromatic heterocycles. The van der Waals surface area contributed by atoms with Gasteiger partial charge in [0.1, 0.15) is 12.7 Å². The van der Waals surface area contributed by atoms with Crippen molar-refractivity contribution in [1.29, 1.82) is 0 Å². The second-order valence-corrected chi connectivity index (χ2v) is 5.72. The van der Waals surface area contributed by atoms with Crippen molar-refractivity contribution < 1.29 is 38.4 Å². The smallest absolute Gasteiger partial charge is 0.352 e. The molecule has 3 N–H and O–H groups in total. The minimum atomic E-state index is -1.31. The van der Waals surface area contributed by atoms with Gasteiger partial charge in [-0.05, 0) is 0 Å². The second-order valence-electron chi connectivity index (χ2n) is 5.72. The van der Waals surface area contributed by atoms with Crippen LogP contribution in [0.1, 0.15) is 27.0 Å². The average Bonchev–Trinajstić information content (AvgIpc) is 2.85. The molecule has 12 heteroatoms. The Morgan fingerprint density at radius 2 is 1.78 bits per heavy atom. The van der Waals surface area contributed by atoms with E-state index in [4.69, 9.17) is 24.7 Å². The molecule has 0 spiro atoms. The molecule has 0 radical (unpaired) electrons. The van der Waals surface area contributed by atoms with Crippen LogP contribution in [0, 0.1) is 0 Å². The number of aromatic hydroxyl groups is 1. The van der Waals surface area contributed by atoms with E-state index in [1.807, 2.05) is 0 Å². The zero-order valence-electron chi connectivity index (χ0n) is 14.8. The predicted octanol–water partition coefficient (Wildman–Crippen LogP) is -1.14. The van der Waals surface area contributed by atoms with Crippen molar-refractivity contribution in [2.24, 2.45) is 0 Å². The summed E-state index contributed by atoms with van der Waals surface area (Å²) in [5.74, 6) is -2.96. The molecular formula is C15H19N3O9. The van der Waals surface area contributed by atoms with Crippen molar-refractivity contribution in [3.63, 3.8) is 0 Å². The van der Waals surface area contributed by atoms with Crippen LogP contribution in [-0.4, -0.2) is 57.5 Å². The van der Waals surface area contributed by atoms with Gasteiger partial charge in [-0.15, -0.1) is 0 Å². The average molecular weight is 385 g/mol. The fourth-order valence-electron chi connectivity index (χ4n) is 2.57. The van der Waals surface area contributed by atoms with E-state index in [1.165, 1.54) is 6.92 Å². The fraction of sp³-hybridized carbons (Fsp3) is 0.533. The third kappa shape index (κ3) is 4.73. The quantitative estimate of drug-likeness (QED) is 0.463. The van der Waals surface area contributed by atoms with E-state index in [2.05, 4.69) is 4.98 Å². The Balaban J connectivity index is 2.45. The molecule has 12 nitrogen and oxygen atoms in total. The van der Waals surface area contributed by atoms with Gasteiger partial charge in [-0.1, -0.05) is 0 Å². The summed E-state index contributed by atoms with van der Waals surface area (Å²) < 4.78 is 21.7. The van der Waals surface area contributed by atoms with Crippen LogP contribution in [-0.2, 0) is 33.3 Å². The Hall–Kier alpha value is -3.15. The molecule has 1 aliphatic heterocycles. The van der Waals surface area contributed by atoms with Gasteiger partial charge in [0.2, 0.25) is 0 Å². The first kappa shape index (κ1) is 20.2. The monoisotopic (exact) mass is 385 g/mol. The summed E-state index contributed by atoms with van der Waals surface area (Å²) in [5.41, 5.74) is 4.48. The number of hydrogen-bond acceptors (Lipinski definition) is 11. The van der Waals surface area contributed by atoms with E-state index in [0.29, 0.717) is 0 Å². The summed E-state index contributed by atoms with van der Waals surface area (Å²) in [4.78, 5) is 49.7. The Labute approximate surface area is 152 Å². The Morgan fingerprint density at radius 1 is 1.19 bits per heavy atom. The molecule has 148 valence electrons. The van der Waals surface area contributed by atoms with Crippen LogP contribution in [0.2, 0.25) is 0 Å². The summed E-state index contributed by atoms with van der Waals surface area (Å²) in [6.07, 6.45) is -3.86. The third-order valence-corrected chi connectivity index (χ3v) is 3.58. The van der Waals surface area contributed by atoms with Crippen LogP contribution >= 0.6 is 0 Å². The fourth-order valence-corrected chi connectivity index (χ4v) is 2.57. The Bertz CT molecular complexity index is 806. The van der Waals surface area contributed by atoms with E-state index in [1.54, 1.807) is 0 Å². The van der Waals surface area contributed by atoms with Gasteiger partial charge in [0.15, 0.2) is 30.0 Å². The van der Waals surface area contributed by atoms with E-state index in [9.17, 15) is 24.3 Å².